The first-order valence-electron chi connectivity index (χ1n) is 5.28. The van der Waals surface area contributed by atoms with E-state index in [1.807, 2.05) is 13.8 Å². The summed E-state index contributed by atoms with van der Waals surface area (Å²) in [6.07, 6.45) is 1.55. The predicted octanol–water partition coefficient (Wildman–Crippen LogP) is 2.40. The molecule has 0 atom stereocenters. The number of nitrogens with one attached hydrogen (secondary N) is 2. The summed E-state index contributed by atoms with van der Waals surface area (Å²) in [5, 5.41) is 12.4. The fourth-order valence-electron chi connectivity index (χ4n) is 1.56. The van der Waals surface area contributed by atoms with Gasteiger partial charge in [0.15, 0.2) is 0 Å². The number of rotatable bonds is 2. The lowest BCUT2D eigenvalue weighted by molar-refractivity contribution is 0.102. The number of aromatic amines is 1. The molecule has 0 unspecified atom stereocenters. The summed E-state index contributed by atoms with van der Waals surface area (Å²) < 4.78 is 0. The van der Waals surface area contributed by atoms with Crippen molar-refractivity contribution < 1.29 is 4.79 Å². The van der Waals surface area contributed by atoms with E-state index in [0.717, 1.165) is 10.4 Å². The van der Waals surface area contributed by atoms with Gasteiger partial charge in [-0.3, -0.25) is 4.79 Å². The normalized spacial score (nSPS) is 10.1. The number of hydrogen-bond acceptors (Lipinski definition) is 4. The Hall–Kier alpha value is -2.26. The second-order valence-corrected chi connectivity index (χ2v) is 5.12. The Morgan fingerprint density at radius 2 is 2.28 bits per heavy atom. The molecule has 18 heavy (non-hydrogen) atoms. The van der Waals surface area contributed by atoms with E-state index < -0.39 is 0 Å². The molecule has 5 nitrogen and oxygen atoms in total. The molecule has 2 rings (SSSR count). The molecule has 1 amide bonds. The van der Waals surface area contributed by atoms with Crippen molar-refractivity contribution in [2.75, 3.05) is 11.1 Å². The lowest BCUT2D eigenvalue weighted by atomic mass is 10.2. The molecule has 2 aromatic heterocycles. The van der Waals surface area contributed by atoms with E-state index in [2.05, 4.69) is 16.4 Å². The number of H-pyrrole nitrogens is 1. The Morgan fingerprint density at radius 3 is 2.83 bits per heavy atom. The fraction of sp³-hybridized carbons (Fsp3) is 0.167. The molecule has 6 heteroatoms. The number of nitrogens with two attached hydrogens (primary N) is 1. The van der Waals surface area contributed by atoms with Crippen LogP contribution in [0.1, 0.15) is 26.5 Å². The summed E-state index contributed by atoms with van der Waals surface area (Å²) in [7, 11) is 0. The van der Waals surface area contributed by atoms with Crippen LogP contribution in [-0.4, -0.2) is 10.9 Å². The van der Waals surface area contributed by atoms with Crippen LogP contribution in [0.5, 0.6) is 0 Å². The van der Waals surface area contributed by atoms with Gasteiger partial charge in [0.25, 0.3) is 5.91 Å². The highest BCUT2D eigenvalue weighted by Gasteiger charge is 2.16. The first-order valence-corrected chi connectivity index (χ1v) is 6.10. The average Bonchev–Trinajstić information content (AvgIpc) is 2.85. The molecule has 0 aliphatic heterocycles. The predicted molar refractivity (Wildman–Crippen MR) is 71.7 cm³/mol. The number of nitrogens with zero attached hydrogens (tertiary/aromatic N) is 1. The third kappa shape index (κ3) is 2.08. The third-order valence-corrected chi connectivity index (χ3v) is 3.80. The second-order valence-electron chi connectivity index (χ2n) is 3.90. The topological polar surface area (TPSA) is 94.7 Å². The number of nitriles is 1. The molecule has 0 spiro atoms. The van der Waals surface area contributed by atoms with Crippen molar-refractivity contribution in [2.45, 2.75) is 13.8 Å². The SMILES string of the molecule is Cc1sc(NC(=O)c2cc(N)c[nH]2)c(C#N)c1C. The van der Waals surface area contributed by atoms with Crippen molar-refractivity contribution >= 4 is 27.9 Å². The summed E-state index contributed by atoms with van der Waals surface area (Å²) in [5.74, 6) is -0.301. The van der Waals surface area contributed by atoms with Gasteiger partial charge in [-0.05, 0) is 25.5 Å². The Bertz CT molecular complexity index is 648. The molecule has 92 valence electrons. The van der Waals surface area contributed by atoms with Crippen LogP contribution in [0.2, 0.25) is 0 Å². The molecule has 0 saturated heterocycles. The van der Waals surface area contributed by atoms with Gasteiger partial charge in [0.1, 0.15) is 16.8 Å². The number of nitrogen functional groups attached to an aromatic ring is 1. The van der Waals surface area contributed by atoms with Gasteiger partial charge in [-0.15, -0.1) is 11.3 Å². The molecule has 2 heterocycles. The van der Waals surface area contributed by atoms with E-state index in [4.69, 9.17) is 11.0 Å². The zero-order chi connectivity index (χ0) is 13.3. The van der Waals surface area contributed by atoms with Crippen LogP contribution in [0, 0.1) is 25.2 Å². The van der Waals surface area contributed by atoms with Crippen molar-refractivity contribution in [1.82, 2.24) is 4.98 Å². The van der Waals surface area contributed by atoms with Gasteiger partial charge in [0, 0.05) is 16.8 Å². The van der Waals surface area contributed by atoms with Crippen LogP contribution in [0.4, 0.5) is 10.7 Å². The van der Waals surface area contributed by atoms with Gasteiger partial charge < -0.3 is 16.0 Å². The maximum absolute atomic E-state index is 11.9. The number of aryl methyl sites for hydroxylation is 1. The van der Waals surface area contributed by atoms with Crippen molar-refractivity contribution in [1.29, 1.82) is 5.26 Å². The van der Waals surface area contributed by atoms with E-state index in [1.54, 1.807) is 12.3 Å². The zero-order valence-electron chi connectivity index (χ0n) is 10.00. The van der Waals surface area contributed by atoms with E-state index in [1.165, 1.54) is 11.3 Å². The number of hydrogen-bond donors (Lipinski definition) is 3. The Labute approximate surface area is 108 Å². The first-order chi connectivity index (χ1) is 8.52. The van der Waals surface area contributed by atoms with Gasteiger partial charge in [-0.25, -0.2) is 0 Å². The smallest absolute Gasteiger partial charge is 0.272 e. The summed E-state index contributed by atoms with van der Waals surface area (Å²) >= 11 is 1.40. The molecule has 0 fully saturated rings. The highest BCUT2D eigenvalue weighted by molar-refractivity contribution is 7.16. The quantitative estimate of drug-likeness (QED) is 0.773. The molecular formula is C12H12N4OS. The molecule has 2 aromatic rings. The largest absolute Gasteiger partial charge is 0.397 e. The first kappa shape index (κ1) is 12.2. The van der Waals surface area contributed by atoms with Crippen LogP contribution in [0.25, 0.3) is 0 Å². The maximum Gasteiger partial charge on any atom is 0.272 e. The van der Waals surface area contributed by atoms with Gasteiger partial charge in [-0.1, -0.05) is 0 Å². The Kier molecular flexibility index (Phi) is 3.08. The van der Waals surface area contributed by atoms with Crippen LogP contribution >= 0.6 is 11.3 Å². The molecule has 0 bridgehead atoms. The lowest BCUT2D eigenvalue weighted by Crippen LogP contribution is -2.12. The molecule has 0 aliphatic rings. The van der Waals surface area contributed by atoms with Crippen LogP contribution in [-0.2, 0) is 0 Å². The van der Waals surface area contributed by atoms with Crippen LogP contribution in [0.15, 0.2) is 12.3 Å². The standard InChI is InChI=1S/C12H12N4OS/c1-6-7(2)18-12(9(6)4-13)16-11(17)10-3-8(14)5-15-10/h3,5,15H,14H2,1-2H3,(H,16,17). The maximum atomic E-state index is 11.9. The number of aromatic nitrogens is 1. The summed E-state index contributed by atoms with van der Waals surface area (Å²) in [5.41, 5.74) is 7.83. The molecular weight excluding hydrogens is 248 g/mol. The molecule has 0 aliphatic carbocycles. The van der Waals surface area contributed by atoms with Crippen molar-refractivity contribution in [2.24, 2.45) is 0 Å². The zero-order valence-corrected chi connectivity index (χ0v) is 10.8. The van der Waals surface area contributed by atoms with Crippen LogP contribution in [0.3, 0.4) is 0 Å². The summed E-state index contributed by atoms with van der Waals surface area (Å²) in [4.78, 5) is 15.7. The van der Waals surface area contributed by atoms with Gasteiger partial charge in [0.05, 0.1) is 5.56 Å². The van der Waals surface area contributed by atoms with Crippen molar-refractivity contribution in [3.63, 3.8) is 0 Å². The van der Waals surface area contributed by atoms with E-state index in [-0.39, 0.29) is 5.91 Å². The van der Waals surface area contributed by atoms with Crippen molar-refractivity contribution in [3.05, 3.63) is 34.0 Å². The monoisotopic (exact) mass is 260 g/mol. The minimum absolute atomic E-state index is 0.301. The van der Waals surface area contributed by atoms with Crippen LogP contribution < -0.4 is 11.1 Å². The number of amides is 1. The van der Waals surface area contributed by atoms with Gasteiger partial charge >= 0.3 is 0 Å². The minimum atomic E-state index is -0.301. The van der Waals surface area contributed by atoms with E-state index in [0.29, 0.717) is 21.9 Å². The van der Waals surface area contributed by atoms with Crippen molar-refractivity contribution in [3.8, 4) is 6.07 Å². The minimum Gasteiger partial charge on any atom is -0.397 e. The Balaban J connectivity index is 2.28. The summed E-state index contributed by atoms with van der Waals surface area (Å²) in [6, 6.07) is 3.66. The third-order valence-electron chi connectivity index (χ3n) is 2.67. The average molecular weight is 260 g/mol. The van der Waals surface area contributed by atoms with E-state index in [9.17, 15) is 4.79 Å². The molecule has 0 saturated carbocycles. The molecule has 4 N–H and O–H groups in total. The molecule has 0 aromatic carbocycles. The lowest BCUT2D eigenvalue weighted by Gasteiger charge is -2.00. The number of anilines is 2. The Morgan fingerprint density at radius 1 is 1.56 bits per heavy atom. The van der Waals surface area contributed by atoms with Gasteiger partial charge in [-0.2, -0.15) is 5.26 Å². The highest BCUT2D eigenvalue weighted by Crippen LogP contribution is 2.31. The van der Waals surface area contributed by atoms with E-state index >= 15 is 0 Å². The highest BCUT2D eigenvalue weighted by atomic mass is 32.1. The van der Waals surface area contributed by atoms with Gasteiger partial charge in [0.2, 0.25) is 0 Å². The second kappa shape index (κ2) is 4.55. The molecule has 0 radical (unpaired) electrons. The fourth-order valence-corrected chi connectivity index (χ4v) is 2.57. The summed E-state index contributed by atoms with van der Waals surface area (Å²) in [6.45, 7) is 3.79. The number of carbonyl (C=O) groups is 1. The number of thiophene rings is 1. The number of carbonyl (C=O) groups excluding carboxylic acids is 1.